The second-order valence-corrected chi connectivity index (χ2v) is 12.5. The van der Waals surface area contributed by atoms with Gasteiger partial charge in [-0.1, -0.05) is 18.2 Å². The number of hydrogen-bond acceptors (Lipinski definition) is 7. The highest BCUT2D eigenvalue weighted by Crippen LogP contribution is 2.58. The van der Waals surface area contributed by atoms with Gasteiger partial charge in [0.25, 0.3) is 10.0 Å². The number of carbonyl (C=O) groups is 1. The third-order valence-corrected chi connectivity index (χ3v) is 9.07. The molecule has 2 aromatic heterocycles. The van der Waals surface area contributed by atoms with Gasteiger partial charge in [-0.2, -0.15) is 0 Å². The first kappa shape index (κ1) is 27.1. The lowest BCUT2D eigenvalue weighted by Gasteiger charge is -2.16. The Bertz CT molecular complexity index is 1780. The van der Waals surface area contributed by atoms with Gasteiger partial charge in [-0.25, -0.2) is 17.8 Å². The van der Waals surface area contributed by atoms with Crippen molar-refractivity contribution in [3.8, 4) is 17.0 Å². The van der Waals surface area contributed by atoms with E-state index in [1.54, 1.807) is 42.4 Å². The number of rotatable bonds is 9. The van der Waals surface area contributed by atoms with E-state index in [0.29, 0.717) is 29.5 Å². The lowest BCUT2D eigenvalue weighted by Crippen LogP contribution is -2.28. The Hall–Kier alpha value is -4.09. The van der Waals surface area contributed by atoms with Gasteiger partial charge in [0.05, 0.1) is 34.3 Å². The molecule has 4 aromatic rings. The highest BCUT2D eigenvalue weighted by atomic mass is 32.2. The van der Waals surface area contributed by atoms with E-state index in [1.807, 2.05) is 19.0 Å². The third-order valence-electron chi connectivity index (χ3n) is 7.69. The van der Waals surface area contributed by atoms with Crippen LogP contribution in [0.15, 0.2) is 65.8 Å². The molecular weight excluding hydrogens is 545 g/mol. The van der Waals surface area contributed by atoms with Crippen LogP contribution in [0.25, 0.3) is 22.0 Å². The minimum absolute atomic E-state index is 0.0303. The van der Waals surface area contributed by atoms with Gasteiger partial charge in [-0.15, -0.1) is 0 Å². The fourth-order valence-corrected chi connectivity index (χ4v) is 6.52. The van der Waals surface area contributed by atoms with Crippen LogP contribution < -0.4 is 14.4 Å². The van der Waals surface area contributed by atoms with Crippen LogP contribution in [0.5, 0.6) is 5.88 Å². The van der Waals surface area contributed by atoms with Gasteiger partial charge in [0.2, 0.25) is 11.8 Å². The van der Waals surface area contributed by atoms with Crippen LogP contribution in [-0.4, -0.2) is 63.5 Å². The Balaban J connectivity index is 1.43. The van der Waals surface area contributed by atoms with Crippen molar-refractivity contribution in [3.63, 3.8) is 0 Å². The largest absolute Gasteiger partial charge is 0.476 e. The smallest absolute Gasteiger partial charge is 0.262 e. The first-order chi connectivity index (χ1) is 19.6. The Morgan fingerprint density at radius 3 is 2.56 bits per heavy atom. The molecule has 1 spiro atoms. The monoisotopic (exact) mass is 575 g/mol. The lowest BCUT2D eigenvalue weighted by atomic mass is 9.92. The molecule has 2 aliphatic rings. The van der Waals surface area contributed by atoms with Crippen molar-refractivity contribution in [1.82, 2.24) is 14.9 Å². The van der Waals surface area contributed by atoms with E-state index in [4.69, 9.17) is 4.74 Å². The summed E-state index contributed by atoms with van der Waals surface area (Å²) in [6.07, 6.45) is 5.27. The average molecular weight is 576 g/mol. The maximum atomic E-state index is 15.6. The molecule has 11 heteroatoms. The summed E-state index contributed by atoms with van der Waals surface area (Å²) < 4.78 is 50.4. The zero-order valence-corrected chi connectivity index (χ0v) is 23.8. The number of anilines is 2. The first-order valence-corrected chi connectivity index (χ1v) is 14.9. The predicted octanol–water partition coefficient (Wildman–Crippen LogP) is 4.58. The Labute approximate surface area is 238 Å². The molecule has 0 atom stereocenters. The van der Waals surface area contributed by atoms with E-state index in [9.17, 15) is 13.2 Å². The number of nitrogens with one attached hydrogen (secondary N) is 1. The predicted molar refractivity (Wildman–Crippen MR) is 155 cm³/mol. The molecule has 1 aliphatic heterocycles. The summed E-state index contributed by atoms with van der Waals surface area (Å²) in [5, 5.41) is 0.699. The van der Waals surface area contributed by atoms with Crippen LogP contribution in [-0.2, 0) is 20.2 Å². The Morgan fingerprint density at radius 2 is 1.85 bits per heavy atom. The summed E-state index contributed by atoms with van der Waals surface area (Å²) in [4.78, 5) is 25.6. The molecule has 1 aliphatic carbocycles. The van der Waals surface area contributed by atoms with Crippen molar-refractivity contribution >= 4 is 38.2 Å². The summed E-state index contributed by atoms with van der Waals surface area (Å²) in [6, 6.07) is 12.5. The molecule has 41 heavy (non-hydrogen) atoms. The van der Waals surface area contributed by atoms with Crippen molar-refractivity contribution < 1.29 is 22.3 Å². The number of aromatic nitrogens is 2. The number of halogens is 1. The summed E-state index contributed by atoms with van der Waals surface area (Å²) >= 11 is 0. The zero-order chi connectivity index (χ0) is 28.9. The molecule has 1 fully saturated rings. The van der Waals surface area contributed by atoms with E-state index in [2.05, 4.69) is 14.7 Å². The molecule has 212 valence electrons. The molecule has 0 bridgehead atoms. The molecule has 0 unspecified atom stereocenters. The van der Waals surface area contributed by atoms with E-state index >= 15 is 4.39 Å². The maximum Gasteiger partial charge on any atom is 0.262 e. The van der Waals surface area contributed by atoms with Gasteiger partial charge in [0.15, 0.2) is 0 Å². The number of amides is 1. The van der Waals surface area contributed by atoms with E-state index in [1.165, 1.54) is 30.5 Å². The van der Waals surface area contributed by atoms with Crippen LogP contribution in [0.2, 0.25) is 0 Å². The normalized spacial score (nSPS) is 15.5. The van der Waals surface area contributed by atoms with E-state index in [-0.39, 0.29) is 27.9 Å². The molecule has 3 heterocycles. The number of carbonyl (C=O) groups excluding carboxylic acids is 1. The second-order valence-electron chi connectivity index (χ2n) is 10.8. The number of fused-ring (bicyclic) bond motifs is 4. The molecule has 0 radical (unpaired) electrons. The van der Waals surface area contributed by atoms with Gasteiger partial charge in [0.1, 0.15) is 11.5 Å². The lowest BCUT2D eigenvalue weighted by molar-refractivity contribution is -0.119. The van der Waals surface area contributed by atoms with Crippen LogP contribution in [0.4, 0.5) is 15.8 Å². The summed E-state index contributed by atoms with van der Waals surface area (Å²) in [5.74, 6) is -0.409. The summed E-state index contributed by atoms with van der Waals surface area (Å²) in [5.41, 5.74) is 2.15. The van der Waals surface area contributed by atoms with Crippen LogP contribution in [0.1, 0.15) is 24.8 Å². The SMILES string of the molecule is CN(C)CCCOc1ncc(-c2cc3c4c(cnc3cc2F)N(C)C(=O)C42CC2)cc1NS(=O)(=O)c1ccccc1. The average Bonchev–Trinajstić information content (AvgIpc) is 3.72. The number of benzene rings is 2. The quantitative estimate of drug-likeness (QED) is 0.292. The fraction of sp³-hybridized carbons (Fsp3) is 0.300. The van der Waals surface area contributed by atoms with Gasteiger partial charge in [-0.3, -0.25) is 14.5 Å². The minimum atomic E-state index is -3.98. The van der Waals surface area contributed by atoms with Crippen LogP contribution in [0.3, 0.4) is 0 Å². The first-order valence-electron chi connectivity index (χ1n) is 13.4. The van der Waals surface area contributed by atoms with Crippen molar-refractivity contribution in [1.29, 1.82) is 0 Å². The van der Waals surface area contributed by atoms with Gasteiger partial charge < -0.3 is 14.5 Å². The molecule has 9 nitrogen and oxygen atoms in total. The number of hydrogen-bond donors (Lipinski definition) is 1. The Morgan fingerprint density at radius 1 is 1.10 bits per heavy atom. The molecule has 1 N–H and O–H groups in total. The number of sulfonamides is 1. The number of pyridine rings is 2. The van der Waals surface area contributed by atoms with Gasteiger partial charge in [0, 0.05) is 47.9 Å². The fourth-order valence-electron chi connectivity index (χ4n) is 5.45. The van der Waals surface area contributed by atoms with Crippen LogP contribution >= 0.6 is 0 Å². The van der Waals surface area contributed by atoms with Crippen LogP contribution in [0, 0.1) is 5.82 Å². The topological polar surface area (TPSA) is 105 Å². The molecule has 0 saturated heterocycles. The van der Waals surface area contributed by atoms with E-state index < -0.39 is 21.3 Å². The summed E-state index contributed by atoms with van der Waals surface area (Å²) in [6.45, 7) is 1.10. The zero-order valence-electron chi connectivity index (χ0n) is 23.0. The highest BCUT2D eigenvalue weighted by molar-refractivity contribution is 7.92. The van der Waals surface area contributed by atoms with E-state index in [0.717, 1.165) is 30.6 Å². The molecule has 1 saturated carbocycles. The van der Waals surface area contributed by atoms with Crippen molar-refractivity contribution in [3.05, 3.63) is 72.3 Å². The van der Waals surface area contributed by atoms with Gasteiger partial charge >= 0.3 is 0 Å². The summed E-state index contributed by atoms with van der Waals surface area (Å²) in [7, 11) is 1.66. The molecule has 2 aromatic carbocycles. The van der Waals surface area contributed by atoms with Gasteiger partial charge in [-0.05, 0) is 57.6 Å². The standard InChI is InChI=1S/C30H30FN5O4S/c1-35(2)12-7-13-40-28-25(34-41(38,39)20-8-5-4-6-9-20)14-19(17-33-28)21-15-22-24(16-23(21)31)32-18-26-27(22)30(10-11-30)29(37)36(26)3/h4-6,8-9,14-18,34H,7,10-13H2,1-3H3. The number of likely N-dealkylation sites (N-methyl/N-ethyl adjacent to an activating group) is 1. The molecule has 6 rings (SSSR count). The second kappa shape index (κ2) is 10.1. The molecular formula is C30H30FN5O4S. The van der Waals surface area contributed by atoms with Crippen molar-refractivity contribution in [2.24, 2.45) is 0 Å². The number of ether oxygens (including phenoxy) is 1. The third kappa shape index (κ3) is 4.78. The van der Waals surface area contributed by atoms with Crippen molar-refractivity contribution in [2.45, 2.75) is 29.6 Å². The molecule has 1 amide bonds. The maximum absolute atomic E-state index is 15.6. The minimum Gasteiger partial charge on any atom is -0.476 e. The van der Waals surface area contributed by atoms with Crippen molar-refractivity contribution in [2.75, 3.05) is 43.9 Å². The highest BCUT2D eigenvalue weighted by Gasteiger charge is 2.59. The number of nitrogens with zero attached hydrogens (tertiary/aromatic N) is 4. The Kier molecular flexibility index (Phi) is 6.66.